The summed E-state index contributed by atoms with van der Waals surface area (Å²) < 4.78 is 5.43. The number of para-hydroxylation sites is 1. The molecule has 0 atom stereocenters. The Balaban J connectivity index is 1.59. The minimum absolute atomic E-state index is 0.103. The average Bonchev–Trinajstić information content (AvgIpc) is 3.09. The van der Waals surface area contributed by atoms with E-state index in [1.807, 2.05) is 36.4 Å². The Kier molecular flexibility index (Phi) is 6.14. The Bertz CT molecular complexity index is 1240. The van der Waals surface area contributed by atoms with Gasteiger partial charge in [-0.15, -0.1) is 0 Å². The summed E-state index contributed by atoms with van der Waals surface area (Å²) in [6.45, 7) is 0. The van der Waals surface area contributed by atoms with Crippen LogP contribution in [0.4, 0.5) is 5.69 Å². The fourth-order valence-corrected chi connectivity index (χ4v) is 3.25. The largest absolute Gasteiger partial charge is 0.423 e. The summed E-state index contributed by atoms with van der Waals surface area (Å²) in [4.78, 5) is 37.6. The van der Waals surface area contributed by atoms with Gasteiger partial charge in [0, 0.05) is 16.7 Å². The first-order valence-corrected chi connectivity index (χ1v) is 10.1. The number of ether oxygens (including phenoxy) is 1. The molecule has 1 aliphatic rings. The molecule has 158 valence electrons. The third-order valence-electron chi connectivity index (χ3n) is 4.60. The van der Waals surface area contributed by atoms with Crippen LogP contribution in [0.1, 0.15) is 11.1 Å². The molecule has 0 spiro atoms. The van der Waals surface area contributed by atoms with E-state index in [9.17, 15) is 14.4 Å². The van der Waals surface area contributed by atoms with Crippen LogP contribution in [0.5, 0.6) is 5.75 Å². The van der Waals surface area contributed by atoms with Gasteiger partial charge < -0.3 is 4.74 Å². The molecular weight excluding hydrogens is 428 g/mol. The van der Waals surface area contributed by atoms with Gasteiger partial charge in [-0.05, 0) is 48.0 Å². The molecule has 1 fully saturated rings. The number of halogens is 1. The molecule has 1 saturated heterocycles. The number of nitrogens with zero attached hydrogens (tertiary/aromatic N) is 1. The lowest BCUT2D eigenvalue weighted by atomic mass is 10.1. The van der Waals surface area contributed by atoms with Crippen LogP contribution in [-0.4, -0.2) is 17.8 Å². The maximum atomic E-state index is 12.8. The number of hydrazine groups is 1. The number of anilines is 1. The highest BCUT2D eigenvalue weighted by molar-refractivity contribution is 6.32. The van der Waals surface area contributed by atoms with E-state index in [1.165, 1.54) is 24.3 Å². The Morgan fingerprint density at radius 2 is 1.62 bits per heavy atom. The second kappa shape index (κ2) is 9.32. The molecule has 0 saturated carbocycles. The highest BCUT2D eigenvalue weighted by Gasteiger charge is 2.34. The minimum atomic E-state index is -0.607. The molecule has 3 aromatic rings. The number of carbonyl (C=O) groups is 3. The first-order chi connectivity index (χ1) is 15.5. The normalized spacial score (nSPS) is 14.8. The van der Waals surface area contributed by atoms with E-state index in [1.54, 1.807) is 36.4 Å². The topological polar surface area (TPSA) is 75.7 Å². The van der Waals surface area contributed by atoms with E-state index in [-0.39, 0.29) is 11.3 Å². The van der Waals surface area contributed by atoms with Crippen molar-refractivity contribution in [2.45, 2.75) is 0 Å². The SMILES string of the molecule is O=C(/C=C/c1ccccc1)Oc1ccc(Cl)cc1/C=C1/C(=O)NN(c2ccccc2)C1=O. The van der Waals surface area contributed by atoms with Crippen LogP contribution in [0.15, 0.2) is 90.5 Å². The van der Waals surface area contributed by atoms with Crippen molar-refractivity contribution in [2.24, 2.45) is 0 Å². The van der Waals surface area contributed by atoms with Crippen molar-refractivity contribution < 1.29 is 19.1 Å². The quantitative estimate of drug-likeness (QED) is 0.273. The molecule has 0 aliphatic carbocycles. The third kappa shape index (κ3) is 4.77. The van der Waals surface area contributed by atoms with Gasteiger partial charge in [0.15, 0.2) is 0 Å². The van der Waals surface area contributed by atoms with Crippen LogP contribution in [0, 0.1) is 0 Å². The first kappa shape index (κ1) is 21.1. The molecule has 0 unspecified atom stereocenters. The van der Waals surface area contributed by atoms with Gasteiger partial charge in [0.1, 0.15) is 11.3 Å². The fourth-order valence-electron chi connectivity index (χ4n) is 3.07. The summed E-state index contributed by atoms with van der Waals surface area (Å²) >= 11 is 6.10. The van der Waals surface area contributed by atoms with Gasteiger partial charge in [-0.1, -0.05) is 60.1 Å². The van der Waals surface area contributed by atoms with Crippen molar-refractivity contribution in [1.29, 1.82) is 0 Å². The van der Waals surface area contributed by atoms with Gasteiger partial charge in [-0.25, -0.2) is 9.80 Å². The summed E-state index contributed by atoms with van der Waals surface area (Å²) in [5, 5.41) is 1.52. The predicted molar refractivity (Wildman–Crippen MR) is 123 cm³/mol. The maximum absolute atomic E-state index is 12.8. The number of hydrogen-bond acceptors (Lipinski definition) is 4. The standard InChI is InChI=1S/C25H17ClN2O4/c26-19-12-13-22(32-23(29)14-11-17-7-3-1-4-8-17)18(15-19)16-21-24(30)27-28(25(21)31)20-9-5-2-6-10-20/h1-16H,(H,27,30)/b14-11+,21-16-. The van der Waals surface area contributed by atoms with Gasteiger partial charge >= 0.3 is 5.97 Å². The van der Waals surface area contributed by atoms with Crippen LogP contribution in [0.2, 0.25) is 5.02 Å². The predicted octanol–water partition coefficient (Wildman–Crippen LogP) is 4.42. The highest BCUT2D eigenvalue weighted by atomic mass is 35.5. The summed E-state index contributed by atoms with van der Waals surface area (Å²) in [6.07, 6.45) is 4.28. The van der Waals surface area contributed by atoms with Crippen LogP contribution in [0.3, 0.4) is 0 Å². The second-order valence-corrected chi connectivity index (χ2v) is 7.26. The lowest BCUT2D eigenvalue weighted by Crippen LogP contribution is -2.35. The van der Waals surface area contributed by atoms with E-state index >= 15 is 0 Å². The molecule has 1 N–H and O–H groups in total. The minimum Gasteiger partial charge on any atom is -0.423 e. The lowest BCUT2D eigenvalue weighted by molar-refractivity contribution is -0.129. The maximum Gasteiger partial charge on any atom is 0.336 e. The zero-order chi connectivity index (χ0) is 22.5. The number of nitrogens with one attached hydrogen (secondary N) is 1. The molecule has 1 heterocycles. The molecule has 3 aromatic carbocycles. The monoisotopic (exact) mass is 444 g/mol. The van der Waals surface area contributed by atoms with Gasteiger partial charge in [0.25, 0.3) is 11.8 Å². The molecule has 7 heteroatoms. The number of esters is 1. The van der Waals surface area contributed by atoms with Crippen molar-refractivity contribution in [3.63, 3.8) is 0 Å². The molecular formula is C25H17ClN2O4. The number of amides is 2. The molecule has 1 aliphatic heterocycles. The van der Waals surface area contributed by atoms with Crippen molar-refractivity contribution in [3.05, 3.63) is 107 Å². The molecule has 6 nitrogen and oxygen atoms in total. The Morgan fingerprint density at radius 3 is 2.34 bits per heavy atom. The molecule has 2 amide bonds. The molecule has 0 aromatic heterocycles. The van der Waals surface area contributed by atoms with Gasteiger partial charge in [-0.3, -0.25) is 15.0 Å². The average molecular weight is 445 g/mol. The van der Waals surface area contributed by atoms with Crippen LogP contribution >= 0.6 is 11.6 Å². The van der Waals surface area contributed by atoms with E-state index in [4.69, 9.17) is 16.3 Å². The van der Waals surface area contributed by atoms with Crippen molar-refractivity contribution >= 4 is 47.2 Å². The summed E-state index contributed by atoms with van der Waals surface area (Å²) in [6, 6.07) is 22.6. The fraction of sp³-hybridized carbons (Fsp3) is 0. The van der Waals surface area contributed by atoms with Crippen LogP contribution in [0.25, 0.3) is 12.2 Å². The van der Waals surface area contributed by atoms with Crippen molar-refractivity contribution in [1.82, 2.24) is 5.43 Å². The third-order valence-corrected chi connectivity index (χ3v) is 4.83. The smallest absolute Gasteiger partial charge is 0.336 e. The van der Waals surface area contributed by atoms with Crippen LogP contribution < -0.4 is 15.2 Å². The van der Waals surface area contributed by atoms with Crippen molar-refractivity contribution in [3.8, 4) is 5.75 Å². The molecule has 4 rings (SSSR count). The molecule has 0 radical (unpaired) electrons. The van der Waals surface area contributed by atoms with Gasteiger partial charge in [0.05, 0.1) is 5.69 Å². The number of rotatable bonds is 5. The van der Waals surface area contributed by atoms with E-state index < -0.39 is 17.8 Å². The van der Waals surface area contributed by atoms with E-state index in [2.05, 4.69) is 5.43 Å². The Hall–Kier alpha value is -4.16. The van der Waals surface area contributed by atoms with E-state index in [0.29, 0.717) is 16.3 Å². The number of carbonyl (C=O) groups excluding carboxylic acids is 3. The van der Waals surface area contributed by atoms with Gasteiger partial charge in [0.2, 0.25) is 0 Å². The summed E-state index contributed by atoms with van der Waals surface area (Å²) in [7, 11) is 0. The van der Waals surface area contributed by atoms with E-state index in [0.717, 1.165) is 10.6 Å². The lowest BCUT2D eigenvalue weighted by Gasteiger charge is -2.13. The number of benzene rings is 3. The zero-order valence-corrected chi connectivity index (χ0v) is 17.5. The first-order valence-electron chi connectivity index (χ1n) is 9.68. The number of hydrogen-bond donors (Lipinski definition) is 1. The summed E-state index contributed by atoms with van der Waals surface area (Å²) in [5.74, 6) is -1.53. The second-order valence-electron chi connectivity index (χ2n) is 6.82. The van der Waals surface area contributed by atoms with Crippen LogP contribution in [-0.2, 0) is 14.4 Å². The van der Waals surface area contributed by atoms with Gasteiger partial charge in [-0.2, -0.15) is 0 Å². The highest BCUT2D eigenvalue weighted by Crippen LogP contribution is 2.28. The zero-order valence-electron chi connectivity index (χ0n) is 16.7. The van der Waals surface area contributed by atoms with Crippen molar-refractivity contribution in [2.75, 3.05) is 5.01 Å². The molecule has 32 heavy (non-hydrogen) atoms. The molecule has 0 bridgehead atoms. The summed E-state index contributed by atoms with van der Waals surface area (Å²) in [5.41, 5.74) is 4.12. The Morgan fingerprint density at radius 1 is 0.938 bits per heavy atom. The Labute approximate surface area is 189 Å².